The second-order valence-corrected chi connectivity index (χ2v) is 5.52. The molecule has 0 fully saturated rings. The molecular weight excluding hydrogens is 272 g/mol. The molecule has 0 radical (unpaired) electrons. The summed E-state index contributed by atoms with van der Waals surface area (Å²) < 4.78 is 25.2. The number of aromatic nitrogens is 2. The van der Waals surface area contributed by atoms with E-state index >= 15 is 0 Å². The summed E-state index contributed by atoms with van der Waals surface area (Å²) in [6.45, 7) is 3.28. The van der Waals surface area contributed by atoms with Crippen LogP contribution in [0.4, 0.5) is 0 Å². The predicted molar refractivity (Wildman–Crippen MR) is 90.9 cm³/mol. The van der Waals surface area contributed by atoms with Gasteiger partial charge in [0.2, 0.25) is 0 Å². The maximum Gasteiger partial charge on any atom is 0.265 e. The van der Waals surface area contributed by atoms with Crippen LogP contribution in [0.5, 0.6) is 0 Å². The Morgan fingerprint density at radius 2 is 1.91 bits per heavy atom. The molecule has 0 unspecified atom stereocenters. The van der Waals surface area contributed by atoms with E-state index in [0.29, 0.717) is 28.8 Å². The number of hydrogen-bond donors (Lipinski definition) is 0. The highest BCUT2D eigenvalue weighted by Crippen LogP contribution is 2.22. The van der Waals surface area contributed by atoms with Gasteiger partial charge in [-0.3, -0.25) is 9.36 Å². The van der Waals surface area contributed by atoms with Crippen LogP contribution in [-0.4, -0.2) is 9.55 Å². The molecule has 22 heavy (non-hydrogen) atoms. The summed E-state index contributed by atoms with van der Waals surface area (Å²) in [5.41, 5.74) is 2.59. The SMILES string of the molecule is [2H]C([2H])([2H])c1cc(C)cc(C)c1-n1c(CC)nc2ccccc2c1=O. The Morgan fingerprint density at radius 3 is 2.64 bits per heavy atom. The van der Waals surface area contributed by atoms with Crippen molar-refractivity contribution < 1.29 is 4.11 Å². The van der Waals surface area contributed by atoms with Gasteiger partial charge < -0.3 is 0 Å². The number of aryl methyl sites for hydroxylation is 4. The lowest BCUT2D eigenvalue weighted by atomic mass is 10.0. The molecule has 1 heterocycles. The average molecular weight is 295 g/mol. The lowest BCUT2D eigenvalue weighted by Gasteiger charge is -2.17. The molecule has 0 amide bonds. The summed E-state index contributed by atoms with van der Waals surface area (Å²) >= 11 is 0. The summed E-state index contributed by atoms with van der Waals surface area (Å²) in [5, 5.41) is 0.483. The molecular formula is C19H20N2O. The van der Waals surface area contributed by atoms with Crippen LogP contribution in [-0.2, 0) is 6.42 Å². The van der Waals surface area contributed by atoms with Gasteiger partial charge in [0.05, 0.1) is 16.6 Å². The number of rotatable bonds is 2. The number of nitrogens with zero attached hydrogens (tertiary/aromatic N) is 2. The summed E-state index contributed by atoms with van der Waals surface area (Å²) in [7, 11) is 0. The van der Waals surface area contributed by atoms with Crippen molar-refractivity contribution in [1.29, 1.82) is 0 Å². The van der Waals surface area contributed by atoms with Gasteiger partial charge in [-0.1, -0.05) is 36.8 Å². The van der Waals surface area contributed by atoms with Crippen LogP contribution in [0, 0.1) is 20.7 Å². The summed E-state index contributed by atoms with van der Waals surface area (Å²) in [4.78, 5) is 17.8. The van der Waals surface area contributed by atoms with Crippen molar-refractivity contribution in [3.63, 3.8) is 0 Å². The fourth-order valence-electron chi connectivity index (χ4n) is 2.90. The van der Waals surface area contributed by atoms with E-state index in [1.165, 1.54) is 4.57 Å². The van der Waals surface area contributed by atoms with Gasteiger partial charge in [-0.15, -0.1) is 0 Å². The standard InChI is InChI=1S/C19H20N2O/c1-5-17-20-16-9-7-6-8-15(16)19(22)21(17)18-13(3)10-12(2)11-14(18)4/h6-11H,5H2,1-4H3/i3D3. The molecule has 112 valence electrons. The van der Waals surface area contributed by atoms with E-state index in [0.717, 1.165) is 11.1 Å². The van der Waals surface area contributed by atoms with Gasteiger partial charge in [-0.2, -0.15) is 0 Å². The first kappa shape index (κ1) is 11.2. The van der Waals surface area contributed by atoms with E-state index in [1.54, 1.807) is 24.3 Å². The second-order valence-electron chi connectivity index (χ2n) is 5.52. The number of hydrogen-bond acceptors (Lipinski definition) is 2. The Bertz CT molecular complexity index is 1020. The number of para-hydroxylation sites is 1. The number of fused-ring (bicyclic) bond motifs is 1. The first-order valence-corrected chi connectivity index (χ1v) is 7.36. The van der Waals surface area contributed by atoms with Crippen molar-refractivity contribution in [2.75, 3.05) is 0 Å². The quantitative estimate of drug-likeness (QED) is 0.719. The highest BCUT2D eigenvalue weighted by Gasteiger charge is 2.15. The topological polar surface area (TPSA) is 34.9 Å². The van der Waals surface area contributed by atoms with Crippen molar-refractivity contribution >= 4 is 10.9 Å². The third-order valence-electron chi connectivity index (χ3n) is 3.83. The zero-order valence-electron chi connectivity index (χ0n) is 16.0. The van der Waals surface area contributed by atoms with Crippen LogP contribution in [0.15, 0.2) is 41.2 Å². The predicted octanol–water partition coefficient (Wildman–Crippen LogP) is 3.87. The first-order valence-electron chi connectivity index (χ1n) is 8.86. The normalized spacial score (nSPS) is 13.7. The van der Waals surface area contributed by atoms with Crippen LogP contribution in [0.2, 0.25) is 0 Å². The summed E-state index contributed by atoms with van der Waals surface area (Å²) in [5.74, 6) is 0.557. The molecule has 0 spiro atoms. The second kappa shape index (κ2) is 5.41. The fourth-order valence-corrected chi connectivity index (χ4v) is 2.90. The van der Waals surface area contributed by atoms with E-state index in [4.69, 9.17) is 4.11 Å². The van der Waals surface area contributed by atoms with Gasteiger partial charge in [0.1, 0.15) is 5.82 Å². The molecule has 0 aliphatic rings. The molecule has 0 bridgehead atoms. The van der Waals surface area contributed by atoms with Crippen molar-refractivity contribution in [2.24, 2.45) is 0 Å². The van der Waals surface area contributed by atoms with Crippen LogP contribution < -0.4 is 5.56 Å². The molecule has 0 saturated heterocycles. The number of benzene rings is 2. The Morgan fingerprint density at radius 1 is 1.18 bits per heavy atom. The largest absolute Gasteiger partial charge is 0.268 e. The van der Waals surface area contributed by atoms with E-state index in [-0.39, 0.29) is 11.1 Å². The van der Waals surface area contributed by atoms with Crippen molar-refractivity contribution in [1.82, 2.24) is 9.55 Å². The maximum atomic E-state index is 13.2. The highest BCUT2D eigenvalue weighted by atomic mass is 16.1. The Kier molecular flexibility index (Phi) is 2.75. The van der Waals surface area contributed by atoms with Gasteiger partial charge in [-0.05, 0) is 44.0 Å². The fraction of sp³-hybridized carbons (Fsp3) is 0.263. The molecule has 1 aromatic heterocycles. The minimum atomic E-state index is -2.32. The summed E-state index contributed by atoms with van der Waals surface area (Å²) in [6, 6.07) is 10.7. The molecule has 3 rings (SSSR count). The average Bonchev–Trinajstić information content (AvgIpc) is 2.54. The molecule has 0 aliphatic carbocycles. The van der Waals surface area contributed by atoms with Crippen molar-refractivity contribution in [3.05, 3.63) is 69.3 Å². The zero-order chi connectivity index (χ0) is 18.4. The van der Waals surface area contributed by atoms with E-state index in [1.807, 2.05) is 32.9 Å². The maximum absolute atomic E-state index is 13.2. The van der Waals surface area contributed by atoms with Gasteiger partial charge in [0.25, 0.3) is 5.56 Å². The lowest BCUT2D eigenvalue weighted by molar-refractivity contribution is 0.823. The van der Waals surface area contributed by atoms with Crippen LogP contribution >= 0.6 is 0 Å². The molecule has 0 saturated carbocycles. The third-order valence-corrected chi connectivity index (χ3v) is 3.83. The molecule has 2 aromatic carbocycles. The molecule has 0 N–H and O–H groups in total. The van der Waals surface area contributed by atoms with Crippen LogP contribution in [0.25, 0.3) is 16.6 Å². The van der Waals surface area contributed by atoms with Crippen LogP contribution in [0.3, 0.4) is 0 Å². The van der Waals surface area contributed by atoms with E-state index in [2.05, 4.69) is 4.98 Å². The first-order chi connectivity index (χ1) is 11.7. The summed E-state index contributed by atoms with van der Waals surface area (Å²) in [6.07, 6.45) is 0.522. The third kappa shape index (κ3) is 2.23. The molecule has 0 aliphatic heterocycles. The molecule has 3 nitrogen and oxygen atoms in total. The Labute approximate surface area is 134 Å². The smallest absolute Gasteiger partial charge is 0.265 e. The van der Waals surface area contributed by atoms with E-state index in [9.17, 15) is 4.79 Å². The molecule has 3 heteroatoms. The van der Waals surface area contributed by atoms with Crippen molar-refractivity contribution in [3.8, 4) is 5.69 Å². The van der Waals surface area contributed by atoms with Gasteiger partial charge in [0, 0.05) is 10.5 Å². The van der Waals surface area contributed by atoms with Crippen molar-refractivity contribution in [2.45, 2.75) is 34.0 Å². The van der Waals surface area contributed by atoms with Gasteiger partial charge >= 0.3 is 0 Å². The van der Waals surface area contributed by atoms with Gasteiger partial charge in [0.15, 0.2) is 0 Å². The lowest BCUT2D eigenvalue weighted by Crippen LogP contribution is -2.25. The Hall–Kier alpha value is -2.42. The zero-order valence-corrected chi connectivity index (χ0v) is 13.0. The Balaban J connectivity index is 2.50. The van der Waals surface area contributed by atoms with E-state index < -0.39 is 6.85 Å². The molecule has 3 aromatic rings. The minimum Gasteiger partial charge on any atom is -0.268 e. The monoisotopic (exact) mass is 295 g/mol. The highest BCUT2D eigenvalue weighted by molar-refractivity contribution is 5.78. The minimum absolute atomic E-state index is 0.180. The molecule has 0 atom stereocenters. The van der Waals surface area contributed by atoms with Crippen LogP contribution in [0.1, 0.15) is 33.6 Å². The van der Waals surface area contributed by atoms with Gasteiger partial charge in [-0.25, -0.2) is 4.98 Å².